The smallest absolute Gasteiger partial charge is 0.322 e. The fourth-order valence-electron chi connectivity index (χ4n) is 3.19. The van der Waals surface area contributed by atoms with Gasteiger partial charge in [-0.05, 0) is 42.8 Å². The molecule has 0 aliphatic rings. The summed E-state index contributed by atoms with van der Waals surface area (Å²) < 4.78 is 2.15. The first-order chi connectivity index (χ1) is 14.1. The molecule has 0 bridgehead atoms. The maximum atomic E-state index is 12.8. The van der Waals surface area contributed by atoms with Gasteiger partial charge in [0.1, 0.15) is 0 Å². The number of rotatable bonds is 7. The zero-order valence-electron chi connectivity index (χ0n) is 16.5. The van der Waals surface area contributed by atoms with Crippen molar-refractivity contribution in [3.05, 3.63) is 102 Å². The van der Waals surface area contributed by atoms with Crippen LogP contribution in [-0.2, 0) is 13.1 Å². The zero-order valence-corrected chi connectivity index (χ0v) is 16.5. The van der Waals surface area contributed by atoms with E-state index in [0.29, 0.717) is 24.3 Å². The molecule has 1 heterocycles. The third kappa shape index (κ3) is 5.36. The molecule has 0 unspecified atom stereocenters. The monoisotopic (exact) mass is 384 g/mol. The summed E-state index contributed by atoms with van der Waals surface area (Å²) in [7, 11) is 0. The van der Waals surface area contributed by atoms with E-state index in [1.165, 1.54) is 11.1 Å². The van der Waals surface area contributed by atoms with E-state index in [4.69, 9.17) is 5.26 Å². The van der Waals surface area contributed by atoms with E-state index in [1.807, 2.05) is 18.3 Å². The highest BCUT2D eigenvalue weighted by atomic mass is 16.2. The minimum Gasteiger partial charge on any atom is -0.345 e. The Morgan fingerprint density at radius 2 is 2.03 bits per heavy atom. The van der Waals surface area contributed by atoms with Crippen molar-refractivity contribution in [1.29, 1.82) is 5.26 Å². The van der Waals surface area contributed by atoms with Crippen molar-refractivity contribution in [2.24, 2.45) is 0 Å². The van der Waals surface area contributed by atoms with Gasteiger partial charge in [-0.2, -0.15) is 5.26 Å². The molecule has 2 amide bonds. The number of aromatic nitrogens is 1. The highest BCUT2D eigenvalue weighted by molar-refractivity contribution is 5.89. The molecule has 0 fully saturated rings. The quantitative estimate of drug-likeness (QED) is 0.587. The van der Waals surface area contributed by atoms with E-state index in [2.05, 4.69) is 53.7 Å². The van der Waals surface area contributed by atoms with E-state index < -0.39 is 0 Å². The van der Waals surface area contributed by atoms with Crippen molar-refractivity contribution in [1.82, 2.24) is 9.47 Å². The summed E-state index contributed by atoms with van der Waals surface area (Å²) in [6.45, 7) is 7.47. The van der Waals surface area contributed by atoms with Crippen LogP contribution in [-0.4, -0.2) is 22.0 Å². The lowest BCUT2D eigenvalue weighted by Crippen LogP contribution is -2.35. The predicted molar refractivity (Wildman–Crippen MR) is 115 cm³/mol. The lowest BCUT2D eigenvalue weighted by atomic mass is 10.1. The summed E-state index contributed by atoms with van der Waals surface area (Å²) in [5, 5.41) is 11.9. The van der Waals surface area contributed by atoms with Gasteiger partial charge in [0.25, 0.3) is 0 Å². The Bertz CT molecular complexity index is 1040. The molecule has 0 spiro atoms. The van der Waals surface area contributed by atoms with Gasteiger partial charge in [0.2, 0.25) is 0 Å². The molecule has 0 saturated heterocycles. The highest BCUT2D eigenvalue weighted by Gasteiger charge is 2.15. The standard InChI is InChI=1S/C24H24N4O/c1-3-12-28(24(29)26-22-10-5-8-20(15-22)16-25)18-23-11-6-13-27(23)17-21-9-4-7-19(2)14-21/h3-11,13-15H,1,12,17-18H2,2H3,(H,26,29). The summed E-state index contributed by atoms with van der Waals surface area (Å²) >= 11 is 0. The number of carbonyl (C=O) groups excluding carboxylic acids is 1. The highest BCUT2D eigenvalue weighted by Crippen LogP contribution is 2.14. The molecule has 1 N–H and O–H groups in total. The van der Waals surface area contributed by atoms with E-state index in [0.717, 1.165) is 12.2 Å². The lowest BCUT2D eigenvalue weighted by molar-refractivity contribution is 0.214. The molecule has 3 rings (SSSR count). The number of urea groups is 1. The molecule has 0 saturated carbocycles. The number of hydrogen-bond acceptors (Lipinski definition) is 2. The topological polar surface area (TPSA) is 61.1 Å². The lowest BCUT2D eigenvalue weighted by Gasteiger charge is -2.23. The van der Waals surface area contributed by atoms with Crippen LogP contribution in [0.25, 0.3) is 0 Å². The van der Waals surface area contributed by atoms with Crippen molar-refractivity contribution < 1.29 is 4.79 Å². The number of nitrogens with zero attached hydrogens (tertiary/aromatic N) is 3. The van der Waals surface area contributed by atoms with Gasteiger partial charge < -0.3 is 14.8 Å². The summed E-state index contributed by atoms with van der Waals surface area (Å²) in [5.74, 6) is 0. The Balaban J connectivity index is 1.73. The first kappa shape index (κ1) is 20.0. The van der Waals surface area contributed by atoms with Gasteiger partial charge in [0.05, 0.1) is 18.2 Å². The Hall–Kier alpha value is -3.78. The van der Waals surface area contributed by atoms with Crippen LogP contribution < -0.4 is 5.32 Å². The fourth-order valence-corrected chi connectivity index (χ4v) is 3.19. The molecule has 5 heteroatoms. The molecule has 3 aromatic rings. The zero-order chi connectivity index (χ0) is 20.6. The van der Waals surface area contributed by atoms with Gasteiger partial charge in [-0.1, -0.05) is 42.0 Å². The number of benzene rings is 2. The molecule has 146 valence electrons. The van der Waals surface area contributed by atoms with Gasteiger partial charge in [-0.3, -0.25) is 0 Å². The van der Waals surface area contributed by atoms with Crippen LogP contribution in [0.3, 0.4) is 0 Å². The number of aryl methyl sites for hydroxylation is 1. The molecule has 2 aromatic carbocycles. The molecule has 0 aliphatic carbocycles. The summed E-state index contributed by atoms with van der Waals surface area (Å²) in [6.07, 6.45) is 3.73. The van der Waals surface area contributed by atoms with Crippen molar-refractivity contribution in [3.8, 4) is 6.07 Å². The van der Waals surface area contributed by atoms with Crippen LogP contribution in [0.4, 0.5) is 10.5 Å². The average molecular weight is 384 g/mol. The number of amides is 2. The first-order valence-electron chi connectivity index (χ1n) is 9.45. The number of hydrogen-bond donors (Lipinski definition) is 1. The summed E-state index contributed by atoms with van der Waals surface area (Å²) in [6, 6.07) is 21.2. The molecule has 0 aliphatic heterocycles. The second-order valence-corrected chi connectivity index (χ2v) is 6.91. The average Bonchev–Trinajstić information content (AvgIpc) is 3.14. The fraction of sp³-hybridized carbons (Fsp3) is 0.167. The maximum Gasteiger partial charge on any atom is 0.322 e. The van der Waals surface area contributed by atoms with Crippen molar-refractivity contribution >= 4 is 11.7 Å². The predicted octanol–water partition coefficient (Wildman–Crippen LogP) is 4.94. The molecule has 0 atom stereocenters. The summed E-state index contributed by atoms with van der Waals surface area (Å²) in [5.41, 5.74) is 4.58. The van der Waals surface area contributed by atoms with Gasteiger partial charge >= 0.3 is 6.03 Å². The number of nitriles is 1. The van der Waals surface area contributed by atoms with E-state index in [9.17, 15) is 4.79 Å². The van der Waals surface area contributed by atoms with Gasteiger partial charge in [0.15, 0.2) is 0 Å². The Morgan fingerprint density at radius 3 is 2.79 bits per heavy atom. The molecule has 1 aromatic heterocycles. The molecular weight excluding hydrogens is 360 g/mol. The minimum atomic E-state index is -0.233. The molecule has 29 heavy (non-hydrogen) atoms. The number of carbonyl (C=O) groups is 1. The molecular formula is C24H24N4O. The van der Waals surface area contributed by atoms with E-state index in [-0.39, 0.29) is 6.03 Å². The Kier molecular flexibility index (Phi) is 6.49. The normalized spacial score (nSPS) is 10.2. The van der Waals surface area contributed by atoms with Gasteiger partial charge in [0, 0.05) is 30.7 Å². The van der Waals surface area contributed by atoms with Gasteiger partial charge in [-0.15, -0.1) is 6.58 Å². The third-order valence-electron chi connectivity index (χ3n) is 4.59. The van der Waals surface area contributed by atoms with Crippen LogP contribution in [0, 0.1) is 18.3 Å². The Morgan fingerprint density at radius 1 is 1.21 bits per heavy atom. The van der Waals surface area contributed by atoms with Crippen LogP contribution in [0.5, 0.6) is 0 Å². The van der Waals surface area contributed by atoms with Crippen molar-refractivity contribution in [3.63, 3.8) is 0 Å². The summed E-state index contributed by atoms with van der Waals surface area (Å²) in [4.78, 5) is 14.5. The number of nitrogens with one attached hydrogen (secondary N) is 1. The van der Waals surface area contributed by atoms with E-state index >= 15 is 0 Å². The van der Waals surface area contributed by atoms with E-state index in [1.54, 1.807) is 35.2 Å². The molecule has 5 nitrogen and oxygen atoms in total. The third-order valence-corrected chi connectivity index (χ3v) is 4.59. The number of anilines is 1. The molecule has 0 radical (unpaired) electrons. The van der Waals surface area contributed by atoms with Crippen LogP contribution >= 0.6 is 0 Å². The second-order valence-electron chi connectivity index (χ2n) is 6.91. The first-order valence-corrected chi connectivity index (χ1v) is 9.45. The Labute approximate surface area is 171 Å². The second kappa shape index (κ2) is 9.43. The van der Waals surface area contributed by atoms with Gasteiger partial charge in [-0.25, -0.2) is 4.79 Å². The van der Waals surface area contributed by atoms with Crippen molar-refractivity contribution in [2.45, 2.75) is 20.0 Å². The minimum absolute atomic E-state index is 0.233. The SMILES string of the molecule is C=CCN(Cc1cccn1Cc1cccc(C)c1)C(=O)Nc1cccc(C#N)c1. The largest absolute Gasteiger partial charge is 0.345 e. The van der Waals surface area contributed by atoms with Crippen molar-refractivity contribution in [2.75, 3.05) is 11.9 Å². The van der Waals surface area contributed by atoms with Crippen LogP contribution in [0.15, 0.2) is 79.5 Å². The van der Waals surface area contributed by atoms with Crippen LogP contribution in [0.2, 0.25) is 0 Å². The van der Waals surface area contributed by atoms with Crippen LogP contribution in [0.1, 0.15) is 22.4 Å². The maximum absolute atomic E-state index is 12.8.